The first-order chi connectivity index (χ1) is 11.5. The molecule has 3 rings (SSSR count). The molecule has 1 aliphatic heterocycles. The van der Waals surface area contributed by atoms with Crippen LogP contribution in [-0.2, 0) is 11.8 Å². The summed E-state index contributed by atoms with van der Waals surface area (Å²) < 4.78 is 12.9. The van der Waals surface area contributed by atoms with Crippen molar-refractivity contribution in [2.45, 2.75) is 12.1 Å². The van der Waals surface area contributed by atoms with Crippen molar-refractivity contribution in [2.75, 3.05) is 32.2 Å². The molecule has 2 atom stereocenters. The molecule has 3 heterocycles. The Bertz CT molecular complexity index is 699. The van der Waals surface area contributed by atoms with Crippen LogP contribution in [0.3, 0.4) is 0 Å². The van der Waals surface area contributed by atoms with E-state index in [-0.39, 0.29) is 23.7 Å². The zero-order valence-electron chi connectivity index (χ0n) is 13.8. The van der Waals surface area contributed by atoms with Gasteiger partial charge in [-0.15, -0.1) is 0 Å². The minimum absolute atomic E-state index is 0.256. The third-order valence-electron chi connectivity index (χ3n) is 3.64. The highest BCUT2D eigenvalue weighted by atomic mass is 16.5. The van der Waals surface area contributed by atoms with Crippen molar-refractivity contribution in [3.8, 4) is 5.75 Å². The summed E-state index contributed by atoms with van der Waals surface area (Å²) in [6.45, 7) is 0.797. The van der Waals surface area contributed by atoms with Crippen LogP contribution in [0.4, 0.5) is 5.82 Å². The number of aromatic nitrogens is 4. The second-order valence-electron chi connectivity index (χ2n) is 5.78. The highest BCUT2D eigenvalue weighted by molar-refractivity contribution is 5.92. The molecular formula is C15H20N6O3. The van der Waals surface area contributed by atoms with Crippen LogP contribution in [-0.4, -0.2) is 65.1 Å². The van der Waals surface area contributed by atoms with Gasteiger partial charge in [-0.25, -0.2) is 9.97 Å². The Kier molecular flexibility index (Phi) is 4.61. The molecule has 1 aliphatic rings. The van der Waals surface area contributed by atoms with Crippen LogP contribution in [0.25, 0.3) is 0 Å². The van der Waals surface area contributed by atoms with Gasteiger partial charge in [0.25, 0.3) is 5.91 Å². The van der Waals surface area contributed by atoms with Gasteiger partial charge in [-0.05, 0) is 0 Å². The maximum Gasteiger partial charge on any atom is 0.271 e. The lowest BCUT2D eigenvalue weighted by molar-refractivity contribution is 0.0898. The fraction of sp³-hybridized carbons (Fsp3) is 0.467. The van der Waals surface area contributed by atoms with Crippen LogP contribution in [0.1, 0.15) is 10.5 Å². The molecule has 1 saturated heterocycles. The van der Waals surface area contributed by atoms with Crippen LogP contribution in [0, 0.1) is 0 Å². The van der Waals surface area contributed by atoms with E-state index < -0.39 is 0 Å². The van der Waals surface area contributed by atoms with Crippen molar-refractivity contribution >= 4 is 11.7 Å². The smallest absolute Gasteiger partial charge is 0.271 e. The number of hydrogen-bond acceptors (Lipinski definition) is 7. The van der Waals surface area contributed by atoms with E-state index in [9.17, 15) is 4.79 Å². The Morgan fingerprint density at radius 3 is 2.79 bits per heavy atom. The van der Waals surface area contributed by atoms with E-state index in [1.54, 1.807) is 23.3 Å². The van der Waals surface area contributed by atoms with E-state index in [2.05, 4.69) is 20.4 Å². The Morgan fingerprint density at radius 1 is 1.33 bits per heavy atom. The normalized spacial score (nSPS) is 20.0. The van der Waals surface area contributed by atoms with Crippen LogP contribution in [0.15, 0.2) is 24.8 Å². The molecule has 9 heteroatoms. The zero-order valence-corrected chi connectivity index (χ0v) is 13.8. The van der Waals surface area contributed by atoms with Gasteiger partial charge in [0.2, 0.25) is 0 Å². The van der Waals surface area contributed by atoms with Gasteiger partial charge in [-0.3, -0.25) is 9.48 Å². The third kappa shape index (κ3) is 3.62. The largest absolute Gasteiger partial charge is 0.482 e. The molecule has 24 heavy (non-hydrogen) atoms. The summed E-state index contributed by atoms with van der Waals surface area (Å²) in [6, 6.07) is -0.256. The SMILES string of the molecule is CN(C)c1cnc(C(=O)N[C@H]2COC[C@H]2Oc2cnn(C)c2)cn1. The molecule has 1 fully saturated rings. The molecule has 2 aromatic rings. The Hall–Kier alpha value is -2.68. The molecule has 0 unspecified atom stereocenters. The van der Waals surface area contributed by atoms with E-state index >= 15 is 0 Å². The summed E-state index contributed by atoms with van der Waals surface area (Å²) in [5.74, 6) is 1.03. The molecule has 1 N–H and O–H groups in total. The molecule has 0 radical (unpaired) electrons. The van der Waals surface area contributed by atoms with Crippen LogP contribution in [0.5, 0.6) is 5.75 Å². The number of anilines is 1. The van der Waals surface area contributed by atoms with Gasteiger partial charge in [-0.2, -0.15) is 5.10 Å². The van der Waals surface area contributed by atoms with Gasteiger partial charge in [-0.1, -0.05) is 0 Å². The highest BCUT2D eigenvalue weighted by Gasteiger charge is 2.32. The van der Waals surface area contributed by atoms with Gasteiger partial charge >= 0.3 is 0 Å². The number of rotatable bonds is 5. The average Bonchev–Trinajstić information content (AvgIpc) is 3.17. The standard InChI is InChI=1S/C15H20N6O3/c1-20(2)14-6-16-11(5-17-14)15(22)19-12-8-23-9-13(12)24-10-4-18-21(3)7-10/h4-7,12-13H,8-9H2,1-3H3,(H,19,22)/t12-,13+/m0/s1. The first kappa shape index (κ1) is 16.2. The summed E-state index contributed by atoms with van der Waals surface area (Å²) in [5.41, 5.74) is 0.257. The Balaban J connectivity index is 1.62. The number of aryl methyl sites for hydroxylation is 1. The van der Waals surface area contributed by atoms with Crippen molar-refractivity contribution in [1.29, 1.82) is 0 Å². The quantitative estimate of drug-likeness (QED) is 0.814. The van der Waals surface area contributed by atoms with Crippen LogP contribution < -0.4 is 15.0 Å². The number of amides is 1. The zero-order chi connectivity index (χ0) is 17.1. The molecule has 0 aromatic carbocycles. The maximum absolute atomic E-state index is 12.3. The summed E-state index contributed by atoms with van der Waals surface area (Å²) >= 11 is 0. The predicted octanol–water partition coefficient (Wildman–Crippen LogP) is -0.148. The summed E-state index contributed by atoms with van der Waals surface area (Å²) in [5, 5.41) is 6.94. The average molecular weight is 332 g/mol. The second-order valence-corrected chi connectivity index (χ2v) is 5.78. The predicted molar refractivity (Wildman–Crippen MR) is 86.1 cm³/mol. The summed E-state index contributed by atoms with van der Waals surface area (Å²) in [6.07, 6.45) is 6.14. The number of carbonyl (C=O) groups is 1. The van der Waals surface area contributed by atoms with E-state index in [1.807, 2.05) is 26.0 Å². The molecule has 0 saturated carbocycles. The monoisotopic (exact) mass is 332 g/mol. The highest BCUT2D eigenvalue weighted by Crippen LogP contribution is 2.16. The lowest BCUT2D eigenvalue weighted by atomic mass is 10.2. The van der Waals surface area contributed by atoms with Gasteiger partial charge in [0.05, 0.1) is 44.0 Å². The molecule has 0 spiro atoms. The minimum Gasteiger partial charge on any atom is -0.482 e. The first-order valence-corrected chi connectivity index (χ1v) is 7.56. The van der Waals surface area contributed by atoms with Gasteiger partial charge < -0.3 is 19.7 Å². The van der Waals surface area contributed by atoms with E-state index in [4.69, 9.17) is 9.47 Å². The number of nitrogens with one attached hydrogen (secondary N) is 1. The van der Waals surface area contributed by atoms with Crippen molar-refractivity contribution in [3.05, 3.63) is 30.5 Å². The molecule has 0 bridgehead atoms. The van der Waals surface area contributed by atoms with Crippen molar-refractivity contribution in [3.63, 3.8) is 0 Å². The maximum atomic E-state index is 12.3. The number of nitrogens with zero attached hydrogens (tertiary/aromatic N) is 5. The topological polar surface area (TPSA) is 94.4 Å². The van der Waals surface area contributed by atoms with E-state index in [1.165, 1.54) is 6.20 Å². The molecule has 2 aromatic heterocycles. The fourth-order valence-electron chi connectivity index (χ4n) is 2.33. The fourth-order valence-corrected chi connectivity index (χ4v) is 2.33. The summed E-state index contributed by atoms with van der Waals surface area (Å²) in [4.78, 5) is 22.5. The van der Waals surface area contributed by atoms with Crippen LogP contribution >= 0.6 is 0 Å². The number of hydrogen-bond donors (Lipinski definition) is 1. The van der Waals surface area contributed by atoms with Crippen molar-refractivity contribution in [2.24, 2.45) is 7.05 Å². The second kappa shape index (κ2) is 6.83. The van der Waals surface area contributed by atoms with Gasteiger partial charge in [0.1, 0.15) is 17.6 Å². The van der Waals surface area contributed by atoms with E-state index in [0.29, 0.717) is 24.8 Å². The number of carbonyl (C=O) groups excluding carboxylic acids is 1. The van der Waals surface area contributed by atoms with Gasteiger partial charge in [0.15, 0.2) is 5.75 Å². The first-order valence-electron chi connectivity index (χ1n) is 7.56. The van der Waals surface area contributed by atoms with Crippen molar-refractivity contribution < 1.29 is 14.3 Å². The molecular weight excluding hydrogens is 312 g/mol. The lowest BCUT2D eigenvalue weighted by Crippen LogP contribution is -2.45. The van der Waals surface area contributed by atoms with E-state index in [0.717, 1.165) is 0 Å². The lowest BCUT2D eigenvalue weighted by Gasteiger charge is -2.19. The van der Waals surface area contributed by atoms with Gasteiger partial charge in [0, 0.05) is 21.1 Å². The Labute approximate surface area is 139 Å². The number of ether oxygens (including phenoxy) is 2. The van der Waals surface area contributed by atoms with Crippen molar-refractivity contribution in [1.82, 2.24) is 25.1 Å². The van der Waals surface area contributed by atoms with Crippen LogP contribution in [0.2, 0.25) is 0 Å². The summed E-state index contributed by atoms with van der Waals surface area (Å²) in [7, 11) is 5.54. The molecule has 1 amide bonds. The molecule has 0 aliphatic carbocycles. The minimum atomic E-state index is -0.303. The third-order valence-corrected chi connectivity index (χ3v) is 3.64. The molecule has 9 nitrogen and oxygen atoms in total. The Morgan fingerprint density at radius 2 is 2.17 bits per heavy atom. The molecule has 128 valence electrons.